The minimum atomic E-state index is -4.84. The van der Waals surface area contributed by atoms with Crippen molar-refractivity contribution < 1.29 is 32.5 Å². The van der Waals surface area contributed by atoms with Crippen LogP contribution in [0.25, 0.3) is 5.52 Å². The Hall–Kier alpha value is -3.51. The lowest BCUT2D eigenvalue weighted by Crippen LogP contribution is -2.42. The first-order valence-electron chi connectivity index (χ1n) is 13.4. The first-order valence-corrected chi connectivity index (χ1v) is 14.1. The largest absolute Gasteiger partial charge is 0.492 e. The van der Waals surface area contributed by atoms with Crippen LogP contribution in [-0.2, 0) is 27.2 Å². The lowest BCUT2D eigenvalue weighted by atomic mass is 9.77. The highest BCUT2D eigenvalue weighted by atomic mass is 35.5. The Morgan fingerprint density at radius 3 is 2.56 bits per heavy atom. The molecule has 0 spiro atoms. The minimum absolute atomic E-state index is 0.0580. The predicted molar refractivity (Wildman–Crippen MR) is 158 cm³/mol. The number of oxime groups is 1. The molecule has 13 heteroatoms. The van der Waals surface area contributed by atoms with Gasteiger partial charge in [0.05, 0.1) is 23.3 Å². The van der Waals surface area contributed by atoms with Crippen molar-refractivity contribution in [2.45, 2.75) is 51.1 Å². The Morgan fingerprint density at radius 1 is 1.14 bits per heavy atom. The average molecular weight is 630 g/mol. The Balaban J connectivity index is 1.26. The van der Waals surface area contributed by atoms with Gasteiger partial charge in [0.25, 0.3) is 11.5 Å². The zero-order valence-electron chi connectivity index (χ0n) is 23.2. The maximum atomic E-state index is 14.6. The summed E-state index contributed by atoms with van der Waals surface area (Å²) in [4.78, 5) is 18.4. The van der Waals surface area contributed by atoms with E-state index in [0.29, 0.717) is 22.1 Å². The van der Waals surface area contributed by atoms with Gasteiger partial charge in [0, 0.05) is 33.9 Å². The van der Waals surface area contributed by atoms with E-state index in [1.807, 2.05) is 26.0 Å². The molecule has 222 valence electrons. The molecule has 1 amide bonds. The van der Waals surface area contributed by atoms with Crippen LogP contribution >= 0.6 is 23.2 Å². The maximum absolute atomic E-state index is 14.6. The number of nitrogens with zero attached hydrogens (tertiary/aromatic N) is 2. The topological polar surface area (TPSA) is 84.6 Å². The van der Waals surface area contributed by atoms with Gasteiger partial charge in [0.1, 0.15) is 5.69 Å². The van der Waals surface area contributed by atoms with E-state index in [0.717, 1.165) is 11.1 Å². The van der Waals surface area contributed by atoms with Crippen molar-refractivity contribution in [2.24, 2.45) is 5.16 Å². The van der Waals surface area contributed by atoms with E-state index >= 15 is 0 Å². The number of hydrogen-bond acceptors (Lipinski definition) is 5. The molecule has 4 aromatic rings. The number of halogens is 5. The fourth-order valence-corrected chi connectivity index (χ4v) is 6.13. The summed E-state index contributed by atoms with van der Waals surface area (Å²) in [6.07, 6.45) is -3.82. The van der Waals surface area contributed by atoms with Gasteiger partial charge in [-0.1, -0.05) is 46.6 Å². The molecule has 1 atom stereocenters. The van der Waals surface area contributed by atoms with Crippen LogP contribution in [0.2, 0.25) is 10.0 Å². The lowest BCUT2D eigenvalue weighted by Gasteiger charge is -2.30. The normalized spacial score (nSPS) is 19.4. The van der Waals surface area contributed by atoms with Crippen LogP contribution in [0.1, 0.15) is 58.6 Å². The monoisotopic (exact) mass is 629 g/mol. The van der Waals surface area contributed by atoms with Crippen molar-refractivity contribution in [1.29, 1.82) is 0 Å². The number of amides is 1. The number of fused-ring (bicyclic) bond motifs is 2. The van der Waals surface area contributed by atoms with E-state index in [1.54, 1.807) is 41.8 Å². The van der Waals surface area contributed by atoms with Crippen molar-refractivity contribution in [3.63, 3.8) is 0 Å². The number of benzene rings is 2. The third kappa shape index (κ3) is 4.88. The van der Waals surface area contributed by atoms with Crippen LogP contribution in [0.4, 0.5) is 13.2 Å². The fraction of sp³-hybridized carbons (Fsp3) is 0.267. The van der Waals surface area contributed by atoms with Crippen LogP contribution in [-0.4, -0.2) is 34.3 Å². The van der Waals surface area contributed by atoms with Gasteiger partial charge >= 0.3 is 13.3 Å². The second kappa shape index (κ2) is 10.3. The zero-order chi connectivity index (χ0) is 30.9. The SMILES string of the molecule is Cc1c(Cl)cc(C2(C(F)(F)F)CC(c3ccc(C(=O)NCc4ccc5c(c4)B(O)OC5(C)C)n4cccc34)=NO2)cc1Cl. The number of aromatic nitrogens is 1. The first kappa shape index (κ1) is 29.6. The number of carbonyl (C=O) groups is 1. The molecule has 2 aromatic heterocycles. The number of hydrogen-bond donors (Lipinski definition) is 2. The van der Waals surface area contributed by atoms with Gasteiger partial charge in [-0.2, -0.15) is 13.2 Å². The lowest BCUT2D eigenvalue weighted by molar-refractivity contribution is -0.275. The summed E-state index contributed by atoms with van der Waals surface area (Å²) >= 11 is 12.4. The van der Waals surface area contributed by atoms with Crippen molar-refractivity contribution in [1.82, 2.24) is 9.72 Å². The molecule has 0 saturated carbocycles. The highest BCUT2D eigenvalue weighted by Crippen LogP contribution is 2.50. The summed E-state index contributed by atoms with van der Waals surface area (Å²) < 4.78 is 50.9. The van der Waals surface area contributed by atoms with Crippen molar-refractivity contribution in [3.8, 4) is 0 Å². The van der Waals surface area contributed by atoms with E-state index < -0.39 is 36.8 Å². The fourth-order valence-electron chi connectivity index (χ4n) is 5.65. The number of carbonyl (C=O) groups excluding carboxylic acids is 1. The average Bonchev–Trinajstić information content (AvgIpc) is 3.66. The number of nitrogens with one attached hydrogen (secondary N) is 1. The smallest absolute Gasteiger partial charge is 0.423 e. The second-order valence-corrected chi connectivity index (χ2v) is 12.0. The number of alkyl halides is 3. The predicted octanol–water partition coefficient (Wildman–Crippen LogP) is 6.02. The third-order valence-electron chi connectivity index (χ3n) is 8.06. The zero-order valence-corrected chi connectivity index (χ0v) is 24.7. The molecule has 2 N–H and O–H groups in total. The highest BCUT2D eigenvalue weighted by Gasteiger charge is 2.62. The molecule has 4 heterocycles. The molecule has 0 saturated heterocycles. The Bertz CT molecular complexity index is 1800. The number of rotatable bonds is 5. The van der Waals surface area contributed by atoms with E-state index in [2.05, 4.69) is 10.5 Å². The summed E-state index contributed by atoms with van der Waals surface area (Å²) in [6.45, 7) is 5.53. The van der Waals surface area contributed by atoms with E-state index in [1.165, 1.54) is 18.2 Å². The molecule has 2 aliphatic heterocycles. The van der Waals surface area contributed by atoms with Crippen molar-refractivity contribution in [2.75, 3.05) is 0 Å². The molecule has 0 bridgehead atoms. The molecule has 0 radical (unpaired) electrons. The maximum Gasteiger partial charge on any atom is 0.492 e. The molecule has 6 rings (SSSR count). The Kier molecular flexibility index (Phi) is 7.08. The van der Waals surface area contributed by atoms with E-state index in [4.69, 9.17) is 32.7 Å². The molecule has 0 aliphatic carbocycles. The van der Waals surface area contributed by atoms with Gasteiger partial charge in [0.15, 0.2) is 0 Å². The number of pyridine rings is 1. The summed E-state index contributed by atoms with van der Waals surface area (Å²) in [6, 6.07) is 14.4. The second-order valence-electron chi connectivity index (χ2n) is 11.2. The standard InChI is InChI=1S/C30H25BCl2F3N3O4/c1-16-22(32)12-18(13-23(16)33)29(30(34,35)36)14-24(38-43-29)19-7-9-26(39-10-4-5-25(19)39)27(40)37-15-17-6-8-20-21(11-17)31(41)42-28(20,2)3/h4-13,41H,14-15H2,1-3H3,(H,37,40). The summed E-state index contributed by atoms with van der Waals surface area (Å²) in [5.74, 6) is -0.399. The third-order valence-corrected chi connectivity index (χ3v) is 8.84. The van der Waals surface area contributed by atoms with Gasteiger partial charge < -0.3 is 24.2 Å². The van der Waals surface area contributed by atoms with Gasteiger partial charge in [-0.15, -0.1) is 0 Å². The van der Waals surface area contributed by atoms with E-state index in [9.17, 15) is 23.0 Å². The van der Waals surface area contributed by atoms with Crippen molar-refractivity contribution >= 4 is 52.9 Å². The van der Waals surface area contributed by atoms with Gasteiger partial charge in [0.2, 0.25) is 0 Å². The van der Waals surface area contributed by atoms with Crippen LogP contribution in [0.5, 0.6) is 0 Å². The molecule has 43 heavy (non-hydrogen) atoms. The molecular weight excluding hydrogens is 605 g/mol. The van der Waals surface area contributed by atoms with Gasteiger partial charge in [-0.05, 0) is 79.3 Å². The molecular formula is C30H25BCl2F3N3O4. The Labute approximate surface area is 255 Å². The quantitative estimate of drug-likeness (QED) is 0.265. The molecule has 1 unspecified atom stereocenters. The summed E-state index contributed by atoms with van der Waals surface area (Å²) in [7, 11) is -1.05. The van der Waals surface area contributed by atoms with Crippen LogP contribution in [0, 0.1) is 6.92 Å². The molecule has 2 aliphatic rings. The highest BCUT2D eigenvalue weighted by molar-refractivity contribution is 6.62. The molecule has 7 nitrogen and oxygen atoms in total. The van der Waals surface area contributed by atoms with Crippen molar-refractivity contribution in [3.05, 3.63) is 104 Å². The van der Waals surface area contributed by atoms with Crippen LogP contribution in [0.3, 0.4) is 0 Å². The van der Waals surface area contributed by atoms with Gasteiger partial charge in [-0.25, -0.2) is 0 Å². The van der Waals surface area contributed by atoms with Crippen LogP contribution in [0.15, 0.2) is 65.9 Å². The van der Waals surface area contributed by atoms with E-state index in [-0.39, 0.29) is 33.6 Å². The van der Waals surface area contributed by atoms with Gasteiger partial charge in [-0.3, -0.25) is 4.79 Å². The molecule has 2 aromatic carbocycles. The summed E-state index contributed by atoms with van der Waals surface area (Å²) in [5, 5.41) is 17.2. The summed E-state index contributed by atoms with van der Waals surface area (Å²) in [5.41, 5.74) is 0.288. The minimum Gasteiger partial charge on any atom is -0.423 e. The van der Waals surface area contributed by atoms with Crippen LogP contribution < -0.4 is 10.8 Å². The Morgan fingerprint density at radius 2 is 1.86 bits per heavy atom. The first-order chi connectivity index (χ1) is 20.2. The molecule has 0 fully saturated rings.